The van der Waals surface area contributed by atoms with Crippen molar-refractivity contribution in [1.29, 1.82) is 0 Å². The topological polar surface area (TPSA) is 58.4 Å². The van der Waals surface area contributed by atoms with Gasteiger partial charge in [0.15, 0.2) is 0 Å². The van der Waals surface area contributed by atoms with Crippen molar-refractivity contribution < 1.29 is 4.79 Å². The molecular weight excluding hydrogens is 262 g/mol. The molecule has 0 radical (unpaired) electrons. The van der Waals surface area contributed by atoms with Gasteiger partial charge in [-0.15, -0.1) is 0 Å². The number of nitrogens with one attached hydrogen (secondary N) is 1. The van der Waals surface area contributed by atoms with Crippen molar-refractivity contribution in [3.63, 3.8) is 0 Å². The fourth-order valence-corrected chi connectivity index (χ4v) is 3.09. The summed E-state index contributed by atoms with van der Waals surface area (Å²) in [7, 11) is 0. The summed E-state index contributed by atoms with van der Waals surface area (Å²) in [6.07, 6.45) is 2.66. The van der Waals surface area contributed by atoms with Crippen molar-refractivity contribution in [2.24, 2.45) is 11.7 Å². The van der Waals surface area contributed by atoms with Gasteiger partial charge in [-0.25, -0.2) is 0 Å². The molecule has 1 aliphatic rings. The fraction of sp³-hybridized carbons (Fsp3) is 0.588. The third-order valence-electron chi connectivity index (χ3n) is 4.27. The summed E-state index contributed by atoms with van der Waals surface area (Å²) in [6.45, 7) is 7.12. The minimum absolute atomic E-state index is 0.0998. The number of carbonyl (C=O) groups excluding carboxylic acids is 1. The SMILES string of the molecule is Cc1cccc(NC(=O)CCCN2CC(CN)CC2C)c1. The molecule has 0 saturated carbocycles. The molecule has 0 bridgehead atoms. The van der Waals surface area contributed by atoms with E-state index in [4.69, 9.17) is 5.73 Å². The van der Waals surface area contributed by atoms with Crippen LogP contribution >= 0.6 is 0 Å². The highest BCUT2D eigenvalue weighted by Crippen LogP contribution is 2.22. The Morgan fingerprint density at radius 3 is 2.95 bits per heavy atom. The van der Waals surface area contributed by atoms with Gasteiger partial charge in [-0.1, -0.05) is 12.1 Å². The zero-order chi connectivity index (χ0) is 15.2. The molecule has 2 atom stereocenters. The van der Waals surface area contributed by atoms with Gasteiger partial charge in [0.2, 0.25) is 5.91 Å². The second-order valence-corrected chi connectivity index (χ2v) is 6.20. The van der Waals surface area contributed by atoms with Crippen LogP contribution in [-0.4, -0.2) is 36.5 Å². The lowest BCUT2D eigenvalue weighted by molar-refractivity contribution is -0.116. The van der Waals surface area contributed by atoms with Crippen LogP contribution in [0.4, 0.5) is 5.69 Å². The van der Waals surface area contributed by atoms with E-state index in [1.165, 1.54) is 6.42 Å². The standard InChI is InChI=1S/C17H27N3O/c1-13-5-3-6-16(9-13)19-17(21)7-4-8-20-12-15(11-18)10-14(20)2/h3,5-6,9,14-15H,4,7-8,10-12,18H2,1-2H3,(H,19,21). The average Bonchev–Trinajstić information content (AvgIpc) is 2.79. The lowest BCUT2D eigenvalue weighted by atomic mass is 10.1. The Morgan fingerprint density at radius 1 is 1.48 bits per heavy atom. The van der Waals surface area contributed by atoms with Crippen molar-refractivity contribution in [2.75, 3.05) is 25.0 Å². The lowest BCUT2D eigenvalue weighted by Crippen LogP contribution is -2.29. The molecule has 0 aromatic heterocycles. The molecular formula is C17H27N3O. The minimum Gasteiger partial charge on any atom is -0.330 e. The van der Waals surface area contributed by atoms with Gasteiger partial charge in [-0.3, -0.25) is 4.79 Å². The number of rotatable bonds is 6. The van der Waals surface area contributed by atoms with Crippen LogP contribution < -0.4 is 11.1 Å². The quantitative estimate of drug-likeness (QED) is 0.845. The molecule has 1 fully saturated rings. The van der Waals surface area contributed by atoms with Crippen molar-refractivity contribution in [3.8, 4) is 0 Å². The first-order valence-corrected chi connectivity index (χ1v) is 7.89. The van der Waals surface area contributed by atoms with Crippen LogP contribution in [0.2, 0.25) is 0 Å². The van der Waals surface area contributed by atoms with Gasteiger partial charge in [-0.2, -0.15) is 0 Å². The van der Waals surface area contributed by atoms with Gasteiger partial charge in [0.05, 0.1) is 0 Å². The van der Waals surface area contributed by atoms with E-state index in [2.05, 4.69) is 17.1 Å². The number of nitrogens with two attached hydrogens (primary N) is 1. The zero-order valence-corrected chi connectivity index (χ0v) is 13.1. The molecule has 1 amide bonds. The first kappa shape index (κ1) is 16.0. The second kappa shape index (κ2) is 7.57. The van der Waals surface area contributed by atoms with Gasteiger partial charge in [0, 0.05) is 24.7 Å². The highest BCUT2D eigenvalue weighted by molar-refractivity contribution is 5.90. The number of hydrogen-bond donors (Lipinski definition) is 2. The number of nitrogens with zero attached hydrogens (tertiary/aromatic N) is 1. The molecule has 1 aromatic rings. The summed E-state index contributed by atoms with van der Waals surface area (Å²) in [5.74, 6) is 0.726. The minimum atomic E-state index is 0.0998. The summed E-state index contributed by atoms with van der Waals surface area (Å²) >= 11 is 0. The number of benzene rings is 1. The van der Waals surface area contributed by atoms with Crippen molar-refractivity contribution in [3.05, 3.63) is 29.8 Å². The Balaban J connectivity index is 1.70. The molecule has 4 heteroatoms. The first-order chi connectivity index (χ1) is 10.1. The molecule has 0 spiro atoms. The molecule has 4 nitrogen and oxygen atoms in total. The summed E-state index contributed by atoms with van der Waals surface area (Å²) in [5, 5.41) is 2.96. The Morgan fingerprint density at radius 2 is 2.29 bits per heavy atom. The molecule has 1 aromatic carbocycles. The number of likely N-dealkylation sites (tertiary alicyclic amines) is 1. The smallest absolute Gasteiger partial charge is 0.224 e. The van der Waals surface area contributed by atoms with E-state index < -0.39 is 0 Å². The molecule has 2 rings (SSSR count). The van der Waals surface area contributed by atoms with Gasteiger partial charge in [-0.05, 0) is 63.4 Å². The number of hydrogen-bond acceptors (Lipinski definition) is 3. The normalized spacial score (nSPS) is 22.4. The predicted octanol–water partition coefficient (Wildman–Crippen LogP) is 2.38. The first-order valence-electron chi connectivity index (χ1n) is 7.89. The number of amides is 1. The van der Waals surface area contributed by atoms with E-state index in [0.29, 0.717) is 18.4 Å². The largest absolute Gasteiger partial charge is 0.330 e. The van der Waals surface area contributed by atoms with Crippen LogP contribution in [0.3, 0.4) is 0 Å². The molecule has 21 heavy (non-hydrogen) atoms. The molecule has 116 valence electrons. The van der Waals surface area contributed by atoms with E-state index in [9.17, 15) is 4.79 Å². The third-order valence-corrected chi connectivity index (χ3v) is 4.27. The van der Waals surface area contributed by atoms with E-state index in [0.717, 1.165) is 37.3 Å². The maximum absolute atomic E-state index is 11.9. The maximum atomic E-state index is 11.9. The maximum Gasteiger partial charge on any atom is 0.224 e. The molecule has 1 saturated heterocycles. The lowest BCUT2D eigenvalue weighted by Gasteiger charge is -2.20. The van der Waals surface area contributed by atoms with Crippen LogP contribution in [-0.2, 0) is 4.79 Å². The second-order valence-electron chi connectivity index (χ2n) is 6.20. The van der Waals surface area contributed by atoms with Gasteiger partial charge < -0.3 is 16.0 Å². The van der Waals surface area contributed by atoms with E-state index in [-0.39, 0.29) is 5.91 Å². The van der Waals surface area contributed by atoms with Crippen LogP contribution in [0.25, 0.3) is 0 Å². The van der Waals surface area contributed by atoms with Crippen LogP contribution in [0, 0.1) is 12.8 Å². The molecule has 0 aliphatic carbocycles. The zero-order valence-electron chi connectivity index (χ0n) is 13.1. The predicted molar refractivity (Wildman–Crippen MR) is 87.2 cm³/mol. The number of aryl methyl sites for hydroxylation is 1. The summed E-state index contributed by atoms with van der Waals surface area (Å²) < 4.78 is 0. The Kier molecular flexibility index (Phi) is 5.76. The summed E-state index contributed by atoms with van der Waals surface area (Å²) in [6, 6.07) is 8.51. The van der Waals surface area contributed by atoms with Crippen molar-refractivity contribution in [2.45, 2.75) is 39.2 Å². The van der Waals surface area contributed by atoms with Crippen LogP contribution in [0.5, 0.6) is 0 Å². The van der Waals surface area contributed by atoms with Gasteiger partial charge >= 0.3 is 0 Å². The highest BCUT2D eigenvalue weighted by Gasteiger charge is 2.27. The third kappa shape index (κ3) is 4.83. The Bertz CT molecular complexity index is 475. The number of anilines is 1. The Labute approximate surface area is 127 Å². The molecule has 2 unspecified atom stereocenters. The van der Waals surface area contributed by atoms with Crippen LogP contribution in [0.1, 0.15) is 31.7 Å². The van der Waals surface area contributed by atoms with E-state index in [1.54, 1.807) is 0 Å². The summed E-state index contributed by atoms with van der Waals surface area (Å²) in [4.78, 5) is 14.4. The average molecular weight is 289 g/mol. The van der Waals surface area contributed by atoms with E-state index in [1.807, 2.05) is 31.2 Å². The highest BCUT2D eigenvalue weighted by atomic mass is 16.1. The van der Waals surface area contributed by atoms with Gasteiger partial charge in [0.25, 0.3) is 0 Å². The van der Waals surface area contributed by atoms with Crippen molar-refractivity contribution >= 4 is 11.6 Å². The fourth-order valence-electron chi connectivity index (χ4n) is 3.09. The van der Waals surface area contributed by atoms with E-state index >= 15 is 0 Å². The Hall–Kier alpha value is -1.39. The van der Waals surface area contributed by atoms with Crippen molar-refractivity contribution in [1.82, 2.24) is 4.90 Å². The van der Waals surface area contributed by atoms with Crippen LogP contribution in [0.15, 0.2) is 24.3 Å². The summed E-state index contributed by atoms with van der Waals surface area (Å²) in [5.41, 5.74) is 7.79. The molecule has 1 aliphatic heterocycles. The molecule has 3 N–H and O–H groups in total. The monoisotopic (exact) mass is 289 g/mol. The van der Waals surface area contributed by atoms with Gasteiger partial charge in [0.1, 0.15) is 0 Å². The number of carbonyl (C=O) groups is 1. The molecule has 1 heterocycles.